The molecular formula is C11H22O. The molecule has 1 nitrogen and oxygen atoms in total. The van der Waals surface area contributed by atoms with Crippen molar-refractivity contribution in [2.75, 3.05) is 0 Å². The number of hydrogen-bond acceptors (Lipinski definition) is 1. The third-order valence-electron chi connectivity index (χ3n) is 3.35. The van der Waals surface area contributed by atoms with Crippen molar-refractivity contribution in [3.63, 3.8) is 0 Å². The Morgan fingerprint density at radius 3 is 1.83 bits per heavy atom. The largest absolute Gasteiger partial charge is 0.393 e. The van der Waals surface area contributed by atoms with Crippen LogP contribution in [-0.4, -0.2) is 11.2 Å². The number of aliphatic hydroxyl groups excluding tert-OH is 1. The molecule has 3 unspecified atom stereocenters. The van der Waals surface area contributed by atoms with E-state index in [4.69, 9.17) is 0 Å². The van der Waals surface area contributed by atoms with Crippen LogP contribution < -0.4 is 0 Å². The quantitative estimate of drug-likeness (QED) is 0.675. The summed E-state index contributed by atoms with van der Waals surface area (Å²) in [6, 6.07) is 0. The molecule has 0 radical (unpaired) electrons. The van der Waals surface area contributed by atoms with Gasteiger partial charge in [0.05, 0.1) is 6.10 Å². The van der Waals surface area contributed by atoms with Crippen molar-refractivity contribution < 1.29 is 5.11 Å². The van der Waals surface area contributed by atoms with Gasteiger partial charge < -0.3 is 5.11 Å². The molecule has 0 bridgehead atoms. The molecule has 0 aromatic carbocycles. The highest BCUT2D eigenvalue weighted by atomic mass is 16.3. The van der Waals surface area contributed by atoms with Crippen LogP contribution >= 0.6 is 0 Å². The summed E-state index contributed by atoms with van der Waals surface area (Å²) in [6.45, 7) is 6.52. The first-order valence-corrected chi connectivity index (χ1v) is 5.31. The Balaban J connectivity index is 2.54. The Kier molecular flexibility index (Phi) is 3.57. The minimum atomic E-state index is -0.0994. The molecule has 1 rings (SSSR count). The zero-order valence-corrected chi connectivity index (χ0v) is 8.59. The predicted molar refractivity (Wildman–Crippen MR) is 52.0 cm³/mol. The van der Waals surface area contributed by atoms with Gasteiger partial charge in [0.2, 0.25) is 0 Å². The molecule has 0 aromatic heterocycles. The molecule has 3 atom stereocenters. The van der Waals surface area contributed by atoms with Crippen LogP contribution in [0, 0.1) is 17.8 Å². The van der Waals surface area contributed by atoms with Gasteiger partial charge in [-0.25, -0.2) is 0 Å². The Bertz CT molecular complexity index is 113. The summed E-state index contributed by atoms with van der Waals surface area (Å²) in [5.41, 5.74) is 0. The summed E-state index contributed by atoms with van der Waals surface area (Å²) in [7, 11) is 0. The van der Waals surface area contributed by atoms with Crippen LogP contribution in [0.15, 0.2) is 0 Å². The molecule has 1 fully saturated rings. The average Bonchev–Trinajstić information content (AvgIpc) is 2.04. The Morgan fingerprint density at radius 2 is 1.50 bits per heavy atom. The van der Waals surface area contributed by atoms with Crippen molar-refractivity contribution in [2.45, 2.75) is 52.6 Å². The van der Waals surface area contributed by atoms with Crippen molar-refractivity contribution in [1.29, 1.82) is 0 Å². The first-order valence-electron chi connectivity index (χ1n) is 5.31. The topological polar surface area (TPSA) is 20.2 Å². The molecule has 0 saturated heterocycles. The van der Waals surface area contributed by atoms with Gasteiger partial charge in [0, 0.05) is 0 Å². The van der Waals surface area contributed by atoms with Crippen molar-refractivity contribution in [3.8, 4) is 0 Å². The van der Waals surface area contributed by atoms with Crippen LogP contribution in [0.25, 0.3) is 0 Å². The first-order chi connectivity index (χ1) is 5.63. The standard InChI is InChI=1S/C11H22O/c1-8(2)10-6-4-5-7-11(10)9(3)12/h8-12H,4-7H2,1-3H3. The monoisotopic (exact) mass is 170 g/mol. The van der Waals surface area contributed by atoms with E-state index in [1.54, 1.807) is 0 Å². The fourth-order valence-electron chi connectivity index (χ4n) is 2.61. The first kappa shape index (κ1) is 10.0. The highest BCUT2D eigenvalue weighted by Gasteiger charge is 2.30. The van der Waals surface area contributed by atoms with E-state index in [0.29, 0.717) is 5.92 Å². The minimum absolute atomic E-state index is 0.0994. The molecular weight excluding hydrogens is 148 g/mol. The van der Waals surface area contributed by atoms with Gasteiger partial charge in [-0.05, 0) is 37.5 Å². The molecule has 0 spiro atoms. The highest BCUT2D eigenvalue weighted by Crippen LogP contribution is 2.36. The Hall–Kier alpha value is -0.0400. The fraction of sp³-hybridized carbons (Fsp3) is 1.00. The molecule has 1 aliphatic rings. The Labute approximate surface area is 76.2 Å². The molecule has 1 aliphatic carbocycles. The van der Waals surface area contributed by atoms with E-state index in [2.05, 4.69) is 13.8 Å². The molecule has 12 heavy (non-hydrogen) atoms. The van der Waals surface area contributed by atoms with E-state index in [-0.39, 0.29) is 6.10 Å². The maximum Gasteiger partial charge on any atom is 0.0543 e. The van der Waals surface area contributed by atoms with Crippen LogP contribution in [0.2, 0.25) is 0 Å². The summed E-state index contributed by atoms with van der Waals surface area (Å²) in [5, 5.41) is 9.60. The highest BCUT2D eigenvalue weighted by molar-refractivity contribution is 4.80. The van der Waals surface area contributed by atoms with Crippen LogP contribution in [-0.2, 0) is 0 Å². The lowest BCUT2D eigenvalue weighted by molar-refractivity contribution is 0.0424. The summed E-state index contributed by atoms with van der Waals surface area (Å²) >= 11 is 0. The maximum absolute atomic E-state index is 9.60. The van der Waals surface area contributed by atoms with Gasteiger partial charge in [0.15, 0.2) is 0 Å². The normalized spacial score (nSPS) is 33.8. The average molecular weight is 170 g/mol. The minimum Gasteiger partial charge on any atom is -0.393 e. The molecule has 0 aliphatic heterocycles. The van der Waals surface area contributed by atoms with Gasteiger partial charge in [0.1, 0.15) is 0 Å². The van der Waals surface area contributed by atoms with E-state index in [1.807, 2.05) is 6.92 Å². The molecule has 0 heterocycles. The van der Waals surface area contributed by atoms with E-state index in [0.717, 1.165) is 11.8 Å². The van der Waals surface area contributed by atoms with Gasteiger partial charge in [-0.3, -0.25) is 0 Å². The van der Waals surface area contributed by atoms with Crippen LogP contribution in [0.3, 0.4) is 0 Å². The second-order valence-corrected chi connectivity index (χ2v) is 4.60. The second-order valence-electron chi connectivity index (χ2n) is 4.60. The lowest BCUT2D eigenvalue weighted by Gasteiger charge is -2.36. The van der Waals surface area contributed by atoms with Gasteiger partial charge in [-0.1, -0.05) is 26.7 Å². The van der Waals surface area contributed by atoms with Gasteiger partial charge in [-0.2, -0.15) is 0 Å². The SMILES string of the molecule is CC(C)C1CCCCC1C(C)O. The van der Waals surface area contributed by atoms with E-state index >= 15 is 0 Å². The Morgan fingerprint density at radius 1 is 1.00 bits per heavy atom. The van der Waals surface area contributed by atoms with E-state index in [1.165, 1.54) is 25.7 Å². The van der Waals surface area contributed by atoms with Crippen molar-refractivity contribution in [2.24, 2.45) is 17.8 Å². The lowest BCUT2D eigenvalue weighted by atomic mass is 9.71. The summed E-state index contributed by atoms with van der Waals surface area (Å²) in [6.07, 6.45) is 5.15. The third-order valence-corrected chi connectivity index (χ3v) is 3.35. The van der Waals surface area contributed by atoms with Gasteiger partial charge >= 0.3 is 0 Å². The number of hydrogen-bond donors (Lipinski definition) is 1. The zero-order chi connectivity index (χ0) is 9.14. The fourth-order valence-corrected chi connectivity index (χ4v) is 2.61. The molecule has 72 valence electrons. The van der Waals surface area contributed by atoms with Crippen molar-refractivity contribution in [3.05, 3.63) is 0 Å². The second kappa shape index (κ2) is 4.27. The van der Waals surface area contributed by atoms with Crippen molar-refractivity contribution in [1.82, 2.24) is 0 Å². The van der Waals surface area contributed by atoms with Gasteiger partial charge in [0.25, 0.3) is 0 Å². The third kappa shape index (κ3) is 2.22. The van der Waals surface area contributed by atoms with E-state index < -0.39 is 0 Å². The van der Waals surface area contributed by atoms with Crippen LogP contribution in [0.5, 0.6) is 0 Å². The summed E-state index contributed by atoms with van der Waals surface area (Å²) in [5.74, 6) is 2.07. The predicted octanol–water partition coefficient (Wildman–Crippen LogP) is 2.83. The number of rotatable bonds is 2. The smallest absolute Gasteiger partial charge is 0.0543 e. The number of aliphatic hydroxyl groups is 1. The summed E-state index contributed by atoms with van der Waals surface area (Å²) < 4.78 is 0. The molecule has 1 N–H and O–H groups in total. The van der Waals surface area contributed by atoms with Crippen molar-refractivity contribution >= 4 is 0 Å². The molecule has 1 saturated carbocycles. The van der Waals surface area contributed by atoms with Crippen LogP contribution in [0.1, 0.15) is 46.5 Å². The van der Waals surface area contributed by atoms with Crippen LogP contribution in [0.4, 0.5) is 0 Å². The zero-order valence-electron chi connectivity index (χ0n) is 8.59. The molecule has 1 heteroatoms. The van der Waals surface area contributed by atoms with Gasteiger partial charge in [-0.15, -0.1) is 0 Å². The molecule has 0 aromatic rings. The van der Waals surface area contributed by atoms with E-state index in [9.17, 15) is 5.11 Å². The maximum atomic E-state index is 9.60. The molecule has 0 amide bonds. The lowest BCUT2D eigenvalue weighted by Crippen LogP contribution is -2.31. The summed E-state index contributed by atoms with van der Waals surface area (Å²) in [4.78, 5) is 0.